The van der Waals surface area contributed by atoms with Crippen molar-refractivity contribution < 1.29 is 12.6 Å². The SMILES string of the molecule is C[C@H]1[C@H](OS(C)(=O)=O)CCN1Cc1ccccc1. The number of benzene rings is 1. The predicted octanol–water partition coefficient (Wildman–Crippen LogP) is 1.63. The van der Waals surface area contributed by atoms with E-state index in [2.05, 4.69) is 17.0 Å². The molecule has 18 heavy (non-hydrogen) atoms. The Morgan fingerprint density at radius 1 is 1.33 bits per heavy atom. The van der Waals surface area contributed by atoms with E-state index in [1.807, 2.05) is 25.1 Å². The molecule has 5 heteroatoms. The Morgan fingerprint density at radius 2 is 2.00 bits per heavy atom. The van der Waals surface area contributed by atoms with Gasteiger partial charge in [-0.3, -0.25) is 9.08 Å². The number of hydrogen-bond donors (Lipinski definition) is 0. The minimum Gasteiger partial charge on any atom is -0.294 e. The highest BCUT2D eigenvalue weighted by atomic mass is 32.2. The van der Waals surface area contributed by atoms with Crippen molar-refractivity contribution >= 4 is 10.1 Å². The van der Waals surface area contributed by atoms with Crippen molar-refractivity contribution in [2.75, 3.05) is 12.8 Å². The molecule has 1 aromatic carbocycles. The van der Waals surface area contributed by atoms with Crippen LogP contribution in [-0.2, 0) is 20.8 Å². The van der Waals surface area contributed by atoms with Crippen LogP contribution in [0.4, 0.5) is 0 Å². The molecule has 0 saturated carbocycles. The largest absolute Gasteiger partial charge is 0.294 e. The molecular weight excluding hydrogens is 250 g/mol. The van der Waals surface area contributed by atoms with Crippen LogP contribution in [0.15, 0.2) is 30.3 Å². The van der Waals surface area contributed by atoms with E-state index in [0.717, 1.165) is 25.8 Å². The van der Waals surface area contributed by atoms with Crippen molar-refractivity contribution in [1.29, 1.82) is 0 Å². The topological polar surface area (TPSA) is 46.6 Å². The van der Waals surface area contributed by atoms with Crippen molar-refractivity contribution in [3.8, 4) is 0 Å². The van der Waals surface area contributed by atoms with Crippen LogP contribution in [0.25, 0.3) is 0 Å². The number of rotatable bonds is 4. The Labute approximate surface area is 109 Å². The van der Waals surface area contributed by atoms with E-state index in [1.54, 1.807) is 0 Å². The summed E-state index contributed by atoms with van der Waals surface area (Å²) in [4.78, 5) is 2.26. The summed E-state index contributed by atoms with van der Waals surface area (Å²) in [7, 11) is -3.36. The van der Waals surface area contributed by atoms with Gasteiger partial charge in [-0.1, -0.05) is 30.3 Å². The maximum absolute atomic E-state index is 11.2. The van der Waals surface area contributed by atoms with Crippen LogP contribution in [0.3, 0.4) is 0 Å². The molecule has 0 aliphatic carbocycles. The molecule has 2 rings (SSSR count). The summed E-state index contributed by atoms with van der Waals surface area (Å²) in [5.41, 5.74) is 1.24. The molecule has 0 spiro atoms. The van der Waals surface area contributed by atoms with Crippen LogP contribution < -0.4 is 0 Å². The van der Waals surface area contributed by atoms with Gasteiger partial charge in [0.05, 0.1) is 12.4 Å². The molecule has 100 valence electrons. The molecule has 0 amide bonds. The maximum atomic E-state index is 11.2. The molecule has 1 aliphatic heterocycles. The van der Waals surface area contributed by atoms with E-state index < -0.39 is 10.1 Å². The highest BCUT2D eigenvalue weighted by Gasteiger charge is 2.33. The highest BCUT2D eigenvalue weighted by Crippen LogP contribution is 2.23. The molecule has 0 radical (unpaired) electrons. The van der Waals surface area contributed by atoms with E-state index in [1.165, 1.54) is 5.56 Å². The quantitative estimate of drug-likeness (QED) is 0.779. The molecule has 2 atom stereocenters. The molecule has 0 aromatic heterocycles. The normalized spacial score (nSPS) is 25.4. The molecule has 0 N–H and O–H groups in total. The second-order valence-corrected chi connectivity index (χ2v) is 6.42. The summed E-state index contributed by atoms with van der Waals surface area (Å²) in [5, 5.41) is 0. The van der Waals surface area contributed by atoms with Crippen LogP contribution >= 0.6 is 0 Å². The molecule has 1 aromatic rings. The summed E-state index contributed by atoms with van der Waals surface area (Å²) in [6.07, 6.45) is 1.66. The third kappa shape index (κ3) is 3.54. The van der Waals surface area contributed by atoms with Crippen LogP contribution in [-0.4, -0.2) is 38.3 Å². The monoisotopic (exact) mass is 269 g/mol. The van der Waals surface area contributed by atoms with E-state index >= 15 is 0 Å². The summed E-state index contributed by atoms with van der Waals surface area (Å²) in [6.45, 7) is 3.73. The molecule has 1 heterocycles. The minimum atomic E-state index is -3.36. The van der Waals surface area contributed by atoms with Crippen LogP contribution in [0.2, 0.25) is 0 Å². The predicted molar refractivity (Wildman–Crippen MR) is 70.6 cm³/mol. The lowest BCUT2D eigenvalue weighted by Gasteiger charge is -2.23. The summed E-state index contributed by atoms with van der Waals surface area (Å²) >= 11 is 0. The fraction of sp³-hybridized carbons (Fsp3) is 0.538. The van der Waals surface area contributed by atoms with Crippen LogP contribution in [0, 0.1) is 0 Å². The molecule has 4 nitrogen and oxygen atoms in total. The average Bonchev–Trinajstić information content (AvgIpc) is 2.61. The van der Waals surface area contributed by atoms with Gasteiger partial charge in [0.15, 0.2) is 0 Å². The standard InChI is InChI=1S/C13H19NO3S/c1-11-13(17-18(2,15)16)8-9-14(11)10-12-6-4-3-5-7-12/h3-7,11,13H,8-10H2,1-2H3/t11-,13+/m0/s1. The fourth-order valence-corrected chi connectivity index (χ4v) is 3.07. The van der Waals surface area contributed by atoms with Gasteiger partial charge in [0.1, 0.15) is 0 Å². The molecule has 1 saturated heterocycles. The van der Waals surface area contributed by atoms with Gasteiger partial charge >= 0.3 is 0 Å². The Kier molecular flexibility index (Phi) is 4.04. The molecular formula is C13H19NO3S. The zero-order valence-electron chi connectivity index (χ0n) is 10.7. The van der Waals surface area contributed by atoms with E-state index in [9.17, 15) is 8.42 Å². The first kappa shape index (κ1) is 13.5. The van der Waals surface area contributed by atoms with Crippen molar-refractivity contribution in [2.45, 2.75) is 32.0 Å². The van der Waals surface area contributed by atoms with E-state index in [-0.39, 0.29) is 12.1 Å². The Bertz CT molecular complexity index is 486. The summed E-state index contributed by atoms with van der Waals surface area (Å²) in [6, 6.07) is 10.3. The van der Waals surface area contributed by atoms with Crippen molar-refractivity contribution in [3.63, 3.8) is 0 Å². The number of hydrogen-bond acceptors (Lipinski definition) is 4. The van der Waals surface area contributed by atoms with Crippen molar-refractivity contribution in [1.82, 2.24) is 4.90 Å². The second kappa shape index (κ2) is 5.38. The average molecular weight is 269 g/mol. The van der Waals surface area contributed by atoms with Crippen molar-refractivity contribution in [2.24, 2.45) is 0 Å². The zero-order chi connectivity index (χ0) is 13.2. The van der Waals surface area contributed by atoms with Gasteiger partial charge in [0.2, 0.25) is 0 Å². The first-order valence-corrected chi connectivity index (χ1v) is 7.93. The van der Waals surface area contributed by atoms with E-state index in [4.69, 9.17) is 4.18 Å². The lowest BCUT2D eigenvalue weighted by molar-refractivity contribution is 0.150. The molecule has 1 aliphatic rings. The Hall–Kier alpha value is -0.910. The number of nitrogens with zero attached hydrogens (tertiary/aromatic N) is 1. The summed E-state index contributed by atoms with van der Waals surface area (Å²) < 4.78 is 27.4. The van der Waals surface area contributed by atoms with Gasteiger partial charge in [0.25, 0.3) is 10.1 Å². The van der Waals surface area contributed by atoms with Gasteiger partial charge in [-0.2, -0.15) is 8.42 Å². The van der Waals surface area contributed by atoms with Crippen molar-refractivity contribution in [3.05, 3.63) is 35.9 Å². The first-order valence-electron chi connectivity index (χ1n) is 6.12. The lowest BCUT2D eigenvalue weighted by atomic mass is 10.2. The maximum Gasteiger partial charge on any atom is 0.264 e. The summed E-state index contributed by atoms with van der Waals surface area (Å²) in [5.74, 6) is 0. The molecule has 0 unspecified atom stereocenters. The lowest BCUT2D eigenvalue weighted by Crippen LogP contribution is -2.34. The fourth-order valence-electron chi connectivity index (χ4n) is 2.37. The Morgan fingerprint density at radius 3 is 2.61 bits per heavy atom. The second-order valence-electron chi connectivity index (χ2n) is 4.82. The minimum absolute atomic E-state index is 0.125. The zero-order valence-corrected chi connectivity index (χ0v) is 11.6. The molecule has 1 fully saturated rings. The van der Waals surface area contributed by atoms with Gasteiger partial charge in [0, 0.05) is 19.1 Å². The van der Waals surface area contributed by atoms with Gasteiger partial charge in [-0.25, -0.2) is 0 Å². The third-order valence-corrected chi connectivity index (χ3v) is 3.94. The highest BCUT2D eigenvalue weighted by molar-refractivity contribution is 7.86. The van der Waals surface area contributed by atoms with Crippen LogP contribution in [0.5, 0.6) is 0 Å². The van der Waals surface area contributed by atoms with Gasteiger partial charge < -0.3 is 0 Å². The smallest absolute Gasteiger partial charge is 0.264 e. The van der Waals surface area contributed by atoms with Crippen LogP contribution in [0.1, 0.15) is 18.9 Å². The van der Waals surface area contributed by atoms with Gasteiger partial charge in [-0.05, 0) is 18.9 Å². The molecule has 0 bridgehead atoms. The number of likely N-dealkylation sites (tertiary alicyclic amines) is 1. The third-order valence-electron chi connectivity index (χ3n) is 3.34. The Balaban J connectivity index is 1.97. The van der Waals surface area contributed by atoms with E-state index in [0.29, 0.717) is 0 Å². The first-order chi connectivity index (χ1) is 8.46. The van der Waals surface area contributed by atoms with Gasteiger partial charge in [-0.15, -0.1) is 0 Å².